The molecule has 1 aromatic rings. The van der Waals surface area contributed by atoms with Crippen LogP contribution in [0.15, 0.2) is 12.1 Å². The van der Waals surface area contributed by atoms with Gasteiger partial charge in [-0.25, -0.2) is 4.98 Å². The summed E-state index contributed by atoms with van der Waals surface area (Å²) in [4.78, 5) is 9.65. The first kappa shape index (κ1) is 13.8. The van der Waals surface area contributed by atoms with Gasteiger partial charge in [0.15, 0.2) is 0 Å². The van der Waals surface area contributed by atoms with Crippen molar-refractivity contribution in [3.05, 3.63) is 23.4 Å². The highest BCUT2D eigenvalue weighted by Gasteiger charge is 2.23. The number of hydrogen-bond acceptors (Lipinski definition) is 4. The predicted octanol–water partition coefficient (Wildman–Crippen LogP) is 2.38. The maximum absolute atomic E-state index is 5.41. The monoisotopic (exact) mass is 275 g/mol. The van der Waals surface area contributed by atoms with Crippen LogP contribution < -0.4 is 4.90 Å². The van der Waals surface area contributed by atoms with E-state index in [4.69, 9.17) is 9.72 Å². The highest BCUT2D eigenvalue weighted by atomic mass is 16.5. The van der Waals surface area contributed by atoms with Crippen LogP contribution in [0.1, 0.15) is 36.6 Å². The van der Waals surface area contributed by atoms with Gasteiger partial charge in [-0.2, -0.15) is 0 Å². The van der Waals surface area contributed by atoms with Gasteiger partial charge in [0, 0.05) is 24.8 Å². The lowest BCUT2D eigenvalue weighted by atomic mass is 9.95. The average molecular weight is 275 g/mol. The van der Waals surface area contributed by atoms with E-state index in [9.17, 15) is 0 Å². The fraction of sp³-hybridized carbons (Fsp3) is 0.688. The van der Waals surface area contributed by atoms with Gasteiger partial charge in [-0.05, 0) is 45.0 Å². The van der Waals surface area contributed by atoms with Crippen molar-refractivity contribution in [3.63, 3.8) is 0 Å². The summed E-state index contributed by atoms with van der Waals surface area (Å²) in [6.45, 7) is 6.89. The fourth-order valence-corrected chi connectivity index (χ4v) is 3.35. The second kappa shape index (κ2) is 6.10. The molecule has 1 atom stereocenters. The van der Waals surface area contributed by atoms with E-state index in [0.717, 1.165) is 32.1 Å². The maximum Gasteiger partial charge on any atom is 0.128 e. The van der Waals surface area contributed by atoms with Crippen LogP contribution in [0.4, 0.5) is 5.82 Å². The molecule has 0 bridgehead atoms. The van der Waals surface area contributed by atoms with Crippen molar-refractivity contribution in [2.24, 2.45) is 0 Å². The Morgan fingerprint density at radius 1 is 1.15 bits per heavy atom. The van der Waals surface area contributed by atoms with Gasteiger partial charge in [-0.15, -0.1) is 0 Å². The van der Waals surface area contributed by atoms with E-state index in [2.05, 4.69) is 35.9 Å². The van der Waals surface area contributed by atoms with Crippen molar-refractivity contribution < 1.29 is 4.74 Å². The molecule has 20 heavy (non-hydrogen) atoms. The molecule has 2 fully saturated rings. The van der Waals surface area contributed by atoms with Crippen molar-refractivity contribution in [3.8, 4) is 0 Å². The molecule has 4 heteroatoms. The van der Waals surface area contributed by atoms with Gasteiger partial charge in [-0.3, -0.25) is 4.90 Å². The van der Waals surface area contributed by atoms with Crippen LogP contribution in [0.2, 0.25) is 0 Å². The molecule has 0 aliphatic carbocycles. The molecule has 2 aliphatic rings. The lowest BCUT2D eigenvalue weighted by Gasteiger charge is -2.34. The topological polar surface area (TPSA) is 28.6 Å². The first-order chi connectivity index (χ1) is 9.75. The predicted molar refractivity (Wildman–Crippen MR) is 81.2 cm³/mol. The molecule has 0 radical (unpaired) electrons. The lowest BCUT2D eigenvalue weighted by Crippen LogP contribution is -2.37. The molecule has 2 aliphatic heterocycles. The molecular weight excluding hydrogens is 250 g/mol. The zero-order chi connectivity index (χ0) is 13.9. The Labute approximate surface area is 121 Å². The Kier molecular flexibility index (Phi) is 4.22. The molecule has 1 aromatic heterocycles. The molecule has 4 nitrogen and oxygen atoms in total. The first-order valence-corrected chi connectivity index (χ1v) is 7.76. The molecule has 3 rings (SSSR count). The van der Waals surface area contributed by atoms with E-state index in [0.29, 0.717) is 6.04 Å². The van der Waals surface area contributed by atoms with E-state index in [1.165, 1.54) is 37.1 Å². The van der Waals surface area contributed by atoms with Gasteiger partial charge in [-0.1, -0.05) is 12.5 Å². The summed E-state index contributed by atoms with van der Waals surface area (Å²) in [5, 5.41) is 0. The number of morpholine rings is 1. The smallest absolute Gasteiger partial charge is 0.128 e. The zero-order valence-corrected chi connectivity index (χ0v) is 12.6. The number of anilines is 1. The number of aryl methyl sites for hydroxylation is 1. The Balaban J connectivity index is 1.79. The average Bonchev–Trinajstić information content (AvgIpc) is 2.49. The molecule has 0 saturated carbocycles. The van der Waals surface area contributed by atoms with Crippen molar-refractivity contribution in [2.75, 3.05) is 44.8 Å². The minimum atomic E-state index is 0.551. The fourth-order valence-electron chi connectivity index (χ4n) is 3.35. The Morgan fingerprint density at radius 3 is 2.65 bits per heavy atom. The summed E-state index contributed by atoms with van der Waals surface area (Å²) in [5.74, 6) is 1.10. The summed E-state index contributed by atoms with van der Waals surface area (Å²) in [6, 6.07) is 5.03. The molecule has 0 spiro atoms. The number of nitrogens with zero attached hydrogens (tertiary/aromatic N) is 3. The van der Waals surface area contributed by atoms with E-state index in [-0.39, 0.29) is 0 Å². The lowest BCUT2D eigenvalue weighted by molar-refractivity contribution is 0.122. The Bertz CT molecular complexity index is 457. The number of likely N-dealkylation sites (tertiary alicyclic amines) is 1. The molecule has 1 unspecified atom stereocenters. The largest absolute Gasteiger partial charge is 0.378 e. The van der Waals surface area contributed by atoms with Crippen LogP contribution in [-0.4, -0.2) is 49.8 Å². The van der Waals surface area contributed by atoms with Crippen molar-refractivity contribution in [1.82, 2.24) is 9.88 Å². The zero-order valence-electron chi connectivity index (χ0n) is 12.6. The molecule has 0 N–H and O–H groups in total. The minimum Gasteiger partial charge on any atom is -0.378 e. The van der Waals surface area contributed by atoms with Crippen molar-refractivity contribution in [2.45, 2.75) is 32.2 Å². The van der Waals surface area contributed by atoms with Crippen LogP contribution in [0.25, 0.3) is 0 Å². The summed E-state index contributed by atoms with van der Waals surface area (Å²) in [6.07, 6.45) is 3.92. The van der Waals surface area contributed by atoms with E-state index >= 15 is 0 Å². The minimum absolute atomic E-state index is 0.551. The van der Waals surface area contributed by atoms with Crippen molar-refractivity contribution >= 4 is 5.82 Å². The van der Waals surface area contributed by atoms with Crippen LogP contribution in [0.5, 0.6) is 0 Å². The third kappa shape index (κ3) is 2.81. The summed E-state index contributed by atoms with van der Waals surface area (Å²) >= 11 is 0. The first-order valence-electron chi connectivity index (χ1n) is 7.76. The molecule has 0 aromatic carbocycles. The maximum atomic E-state index is 5.41. The standard InChI is InChI=1S/C16H25N3O/c1-13-14(15-5-3-4-8-18(15)2)6-7-16(17-13)19-9-11-20-12-10-19/h6-7,15H,3-5,8-12H2,1-2H3. The van der Waals surface area contributed by atoms with Gasteiger partial charge in [0.1, 0.15) is 5.82 Å². The molecule has 110 valence electrons. The summed E-state index contributed by atoms with van der Waals surface area (Å²) in [7, 11) is 2.24. The van der Waals surface area contributed by atoms with Crippen LogP contribution in [-0.2, 0) is 4.74 Å². The van der Waals surface area contributed by atoms with Crippen molar-refractivity contribution in [1.29, 1.82) is 0 Å². The van der Waals surface area contributed by atoms with Gasteiger partial charge >= 0.3 is 0 Å². The van der Waals surface area contributed by atoms with Gasteiger partial charge in [0.2, 0.25) is 0 Å². The third-order valence-corrected chi connectivity index (χ3v) is 4.58. The number of rotatable bonds is 2. The summed E-state index contributed by atoms with van der Waals surface area (Å²) in [5.41, 5.74) is 2.59. The SMILES string of the molecule is Cc1nc(N2CCOCC2)ccc1C1CCCCN1C. The Hall–Kier alpha value is -1.13. The Morgan fingerprint density at radius 2 is 1.95 bits per heavy atom. The molecule has 3 heterocycles. The van der Waals surface area contributed by atoms with Gasteiger partial charge in [0.05, 0.1) is 13.2 Å². The molecule has 2 saturated heterocycles. The highest BCUT2D eigenvalue weighted by Crippen LogP contribution is 2.31. The van der Waals surface area contributed by atoms with Crippen LogP contribution in [0, 0.1) is 6.92 Å². The number of piperidine rings is 1. The normalized spacial score (nSPS) is 24.9. The van der Waals surface area contributed by atoms with E-state index < -0.39 is 0 Å². The van der Waals surface area contributed by atoms with Gasteiger partial charge < -0.3 is 9.64 Å². The van der Waals surface area contributed by atoms with Crippen LogP contribution >= 0.6 is 0 Å². The van der Waals surface area contributed by atoms with Gasteiger partial charge in [0.25, 0.3) is 0 Å². The highest BCUT2D eigenvalue weighted by molar-refractivity contribution is 5.42. The second-order valence-corrected chi connectivity index (χ2v) is 5.94. The van der Waals surface area contributed by atoms with E-state index in [1.807, 2.05) is 0 Å². The number of ether oxygens (including phenoxy) is 1. The molecular formula is C16H25N3O. The van der Waals surface area contributed by atoms with E-state index in [1.54, 1.807) is 0 Å². The van der Waals surface area contributed by atoms with Crippen LogP contribution in [0.3, 0.4) is 0 Å². The third-order valence-electron chi connectivity index (χ3n) is 4.58. The molecule has 0 amide bonds. The number of pyridine rings is 1. The summed E-state index contributed by atoms with van der Waals surface area (Å²) < 4.78 is 5.41. The second-order valence-electron chi connectivity index (χ2n) is 5.94. The number of hydrogen-bond donors (Lipinski definition) is 0. The number of aromatic nitrogens is 1. The quantitative estimate of drug-likeness (QED) is 0.828.